The van der Waals surface area contributed by atoms with Gasteiger partial charge in [0, 0.05) is 18.5 Å². The van der Waals surface area contributed by atoms with Crippen LogP contribution in [0.25, 0.3) is 0 Å². The molecule has 1 aliphatic carbocycles. The molecule has 1 aromatic carbocycles. The summed E-state index contributed by atoms with van der Waals surface area (Å²) in [6.07, 6.45) is 3.19. The zero-order valence-corrected chi connectivity index (χ0v) is 7.74. The fraction of sp³-hybridized carbons (Fsp3) is 0.333. The Morgan fingerprint density at radius 1 is 1.38 bits per heavy atom. The van der Waals surface area contributed by atoms with Crippen molar-refractivity contribution in [2.45, 2.75) is 18.4 Å². The van der Waals surface area contributed by atoms with E-state index in [0.717, 1.165) is 12.5 Å². The Morgan fingerprint density at radius 3 is 2.85 bits per heavy atom. The van der Waals surface area contributed by atoms with Gasteiger partial charge in [-0.3, -0.25) is 0 Å². The minimum Gasteiger partial charge on any atom is -0.310 e. The second-order valence-electron chi connectivity index (χ2n) is 3.56. The lowest BCUT2D eigenvalue weighted by molar-refractivity contribution is 0.733. The molecule has 0 radical (unpaired) electrons. The number of nitrogens with one attached hydrogen (secondary N) is 1. The van der Waals surface area contributed by atoms with Crippen LogP contribution in [0, 0.1) is 0 Å². The number of hydrogen-bond acceptors (Lipinski definition) is 1. The molecule has 0 aliphatic heterocycles. The predicted octanol–water partition coefficient (Wildman–Crippen LogP) is 2.32. The van der Waals surface area contributed by atoms with Gasteiger partial charge in [0.05, 0.1) is 0 Å². The van der Waals surface area contributed by atoms with E-state index < -0.39 is 0 Å². The van der Waals surface area contributed by atoms with E-state index in [9.17, 15) is 0 Å². The maximum atomic E-state index is 3.70. The van der Waals surface area contributed by atoms with E-state index in [1.807, 2.05) is 6.08 Å². The van der Waals surface area contributed by atoms with Crippen LogP contribution in [-0.4, -0.2) is 12.6 Å². The van der Waals surface area contributed by atoms with Crippen LogP contribution in [-0.2, 0) is 0 Å². The van der Waals surface area contributed by atoms with Crippen LogP contribution in [0.3, 0.4) is 0 Å². The highest BCUT2D eigenvalue weighted by Gasteiger charge is 2.37. The zero-order valence-electron chi connectivity index (χ0n) is 7.74. The molecule has 0 spiro atoms. The predicted molar refractivity (Wildman–Crippen MR) is 55.8 cm³/mol. The maximum Gasteiger partial charge on any atom is 0.0146 e. The van der Waals surface area contributed by atoms with Crippen LogP contribution in [0.5, 0.6) is 0 Å². The van der Waals surface area contributed by atoms with Crippen molar-refractivity contribution in [2.24, 2.45) is 0 Å². The standard InChI is InChI=1S/C12H15N/c1-2-8-13-12-9-11(12)10-6-4-3-5-7-10/h2-7,11-13H,1,8-9H2/t11-,12+/m1/s1. The van der Waals surface area contributed by atoms with Crippen molar-refractivity contribution in [1.82, 2.24) is 5.32 Å². The van der Waals surface area contributed by atoms with Gasteiger partial charge in [-0.25, -0.2) is 0 Å². The highest BCUT2D eigenvalue weighted by atomic mass is 15.0. The third kappa shape index (κ3) is 1.99. The summed E-state index contributed by atoms with van der Waals surface area (Å²) in [5.41, 5.74) is 1.46. The molecule has 1 heteroatoms. The van der Waals surface area contributed by atoms with Crippen LogP contribution in [0.15, 0.2) is 43.0 Å². The van der Waals surface area contributed by atoms with Gasteiger partial charge < -0.3 is 5.32 Å². The summed E-state index contributed by atoms with van der Waals surface area (Å²) >= 11 is 0. The third-order valence-corrected chi connectivity index (χ3v) is 2.54. The molecule has 1 nitrogen and oxygen atoms in total. The summed E-state index contributed by atoms with van der Waals surface area (Å²) in [5, 5.41) is 3.44. The van der Waals surface area contributed by atoms with Crippen LogP contribution < -0.4 is 5.32 Å². The lowest BCUT2D eigenvalue weighted by atomic mass is 10.1. The second kappa shape index (κ2) is 3.75. The molecule has 0 bridgehead atoms. The molecule has 2 atom stereocenters. The van der Waals surface area contributed by atoms with Gasteiger partial charge in [0.15, 0.2) is 0 Å². The lowest BCUT2D eigenvalue weighted by Crippen LogP contribution is -2.17. The van der Waals surface area contributed by atoms with Crippen molar-refractivity contribution in [3.8, 4) is 0 Å². The summed E-state index contributed by atoms with van der Waals surface area (Å²) in [6.45, 7) is 4.62. The molecule has 0 unspecified atom stereocenters. The molecule has 1 fully saturated rings. The summed E-state index contributed by atoms with van der Waals surface area (Å²) in [6, 6.07) is 11.4. The zero-order chi connectivity index (χ0) is 9.10. The Hall–Kier alpha value is -1.08. The fourth-order valence-corrected chi connectivity index (χ4v) is 1.72. The van der Waals surface area contributed by atoms with E-state index in [-0.39, 0.29) is 0 Å². The molecule has 0 heterocycles. The van der Waals surface area contributed by atoms with E-state index >= 15 is 0 Å². The molecule has 68 valence electrons. The first kappa shape index (κ1) is 8.52. The Bertz CT molecular complexity index is 278. The molecule has 1 aromatic rings. The topological polar surface area (TPSA) is 12.0 Å². The normalized spacial score (nSPS) is 25.5. The Kier molecular flexibility index (Phi) is 2.46. The van der Waals surface area contributed by atoms with Gasteiger partial charge in [0.2, 0.25) is 0 Å². The van der Waals surface area contributed by atoms with E-state index in [4.69, 9.17) is 0 Å². The quantitative estimate of drug-likeness (QED) is 0.689. The van der Waals surface area contributed by atoms with Crippen molar-refractivity contribution in [3.63, 3.8) is 0 Å². The number of hydrogen-bond donors (Lipinski definition) is 1. The highest BCUT2D eigenvalue weighted by Crippen LogP contribution is 2.40. The number of benzene rings is 1. The molecule has 1 aliphatic rings. The van der Waals surface area contributed by atoms with Crippen LogP contribution in [0.4, 0.5) is 0 Å². The van der Waals surface area contributed by atoms with Crippen molar-refractivity contribution >= 4 is 0 Å². The average molecular weight is 173 g/mol. The fourth-order valence-electron chi connectivity index (χ4n) is 1.72. The first-order valence-corrected chi connectivity index (χ1v) is 4.81. The summed E-state index contributed by atoms with van der Waals surface area (Å²) in [5.74, 6) is 0.737. The molecule has 2 rings (SSSR count). The maximum absolute atomic E-state index is 3.70. The van der Waals surface area contributed by atoms with E-state index in [0.29, 0.717) is 6.04 Å². The van der Waals surface area contributed by atoms with Crippen LogP contribution >= 0.6 is 0 Å². The summed E-state index contributed by atoms with van der Waals surface area (Å²) in [4.78, 5) is 0. The summed E-state index contributed by atoms with van der Waals surface area (Å²) < 4.78 is 0. The van der Waals surface area contributed by atoms with Gasteiger partial charge >= 0.3 is 0 Å². The van der Waals surface area contributed by atoms with Gasteiger partial charge in [-0.1, -0.05) is 36.4 Å². The van der Waals surface area contributed by atoms with Gasteiger partial charge in [-0.2, -0.15) is 0 Å². The van der Waals surface area contributed by atoms with Crippen molar-refractivity contribution < 1.29 is 0 Å². The average Bonchev–Trinajstić information content (AvgIpc) is 2.95. The Balaban J connectivity index is 1.89. The molecule has 13 heavy (non-hydrogen) atoms. The van der Waals surface area contributed by atoms with E-state index in [2.05, 4.69) is 42.2 Å². The first-order valence-electron chi connectivity index (χ1n) is 4.81. The van der Waals surface area contributed by atoms with Crippen molar-refractivity contribution in [1.29, 1.82) is 0 Å². The molecule has 1 N–H and O–H groups in total. The Labute approximate surface area is 79.5 Å². The van der Waals surface area contributed by atoms with E-state index in [1.54, 1.807) is 0 Å². The Morgan fingerprint density at radius 2 is 2.15 bits per heavy atom. The van der Waals surface area contributed by atoms with Crippen LogP contribution in [0.1, 0.15) is 17.9 Å². The lowest BCUT2D eigenvalue weighted by Gasteiger charge is -2.00. The van der Waals surface area contributed by atoms with Crippen molar-refractivity contribution in [2.75, 3.05) is 6.54 Å². The largest absolute Gasteiger partial charge is 0.310 e. The molecular formula is C12H15N. The highest BCUT2D eigenvalue weighted by molar-refractivity contribution is 5.27. The number of rotatable bonds is 4. The van der Waals surface area contributed by atoms with E-state index in [1.165, 1.54) is 12.0 Å². The molecule has 0 amide bonds. The summed E-state index contributed by atoms with van der Waals surface area (Å²) in [7, 11) is 0. The monoisotopic (exact) mass is 173 g/mol. The third-order valence-electron chi connectivity index (χ3n) is 2.54. The SMILES string of the molecule is C=CCN[C@H]1C[C@@H]1c1ccccc1. The molecule has 0 saturated heterocycles. The second-order valence-corrected chi connectivity index (χ2v) is 3.56. The minimum atomic E-state index is 0.681. The molecular weight excluding hydrogens is 158 g/mol. The smallest absolute Gasteiger partial charge is 0.0146 e. The van der Waals surface area contributed by atoms with Gasteiger partial charge in [-0.05, 0) is 12.0 Å². The van der Waals surface area contributed by atoms with Crippen molar-refractivity contribution in [3.05, 3.63) is 48.6 Å². The van der Waals surface area contributed by atoms with Gasteiger partial charge in [0.1, 0.15) is 0 Å². The minimum absolute atomic E-state index is 0.681. The molecule has 0 aromatic heterocycles. The van der Waals surface area contributed by atoms with Gasteiger partial charge in [0.25, 0.3) is 0 Å². The molecule has 1 saturated carbocycles. The van der Waals surface area contributed by atoms with Crippen LogP contribution in [0.2, 0.25) is 0 Å². The first-order chi connectivity index (χ1) is 6.42. The van der Waals surface area contributed by atoms with Gasteiger partial charge in [-0.15, -0.1) is 6.58 Å².